The van der Waals surface area contributed by atoms with Gasteiger partial charge in [0.05, 0.1) is 10.7 Å². The summed E-state index contributed by atoms with van der Waals surface area (Å²) in [7, 11) is -3.46. The van der Waals surface area contributed by atoms with Crippen LogP contribution in [-0.2, 0) is 10.0 Å². The number of aryl methyl sites for hydroxylation is 2. The highest BCUT2D eigenvalue weighted by molar-refractivity contribution is 7.91. The number of nitrogens with two attached hydrogens (primary N) is 1. The zero-order valence-corrected chi connectivity index (χ0v) is 13.2. The lowest BCUT2D eigenvalue weighted by Crippen LogP contribution is -2.51. The highest BCUT2D eigenvalue weighted by atomic mass is 32.2. The Balaban J connectivity index is 2.40. The Bertz CT molecular complexity index is 553. The molecule has 0 spiro atoms. The molecule has 1 fully saturated rings. The molecule has 108 valence electrons. The zero-order valence-electron chi connectivity index (χ0n) is 11.6. The van der Waals surface area contributed by atoms with Crippen LogP contribution in [0.1, 0.15) is 30.5 Å². The summed E-state index contributed by atoms with van der Waals surface area (Å²) in [5.41, 5.74) is 6.38. The molecule has 0 amide bonds. The predicted molar refractivity (Wildman–Crippen MR) is 76.7 cm³/mol. The van der Waals surface area contributed by atoms with Gasteiger partial charge in [-0.2, -0.15) is 4.31 Å². The lowest BCUT2D eigenvalue weighted by molar-refractivity contribution is 0.193. The van der Waals surface area contributed by atoms with Gasteiger partial charge in [0.2, 0.25) is 0 Å². The average molecular weight is 303 g/mol. The van der Waals surface area contributed by atoms with Crippen LogP contribution in [0.15, 0.2) is 4.21 Å². The van der Waals surface area contributed by atoms with Crippen molar-refractivity contribution in [2.24, 2.45) is 11.7 Å². The van der Waals surface area contributed by atoms with Gasteiger partial charge in [-0.05, 0) is 32.6 Å². The fourth-order valence-corrected chi connectivity index (χ4v) is 6.08. The van der Waals surface area contributed by atoms with Crippen LogP contribution >= 0.6 is 11.3 Å². The van der Waals surface area contributed by atoms with Crippen LogP contribution < -0.4 is 5.73 Å². The van der Waals surface area contributed by atoms with Crippen LogP contribution in [0.25, 0.3) is 0 Å². The lowest BCUT2D eigenvalue weighted by atomic mass is 9.93. The Hall–Kier alpha value is -0.500. The molecule has 1 aliphatic heterocycles. The number of hydrogen-bond donors (Lipinski definition) is 1. The third-order valence-corrected chi connectivity index (χ3v) is 7.29. The fourth-order valence-electron chi connectivity index (χ4n) is 2.72. The summed E-state index contributed by atoms with van der Waals surface area (Å²) < 4.78 is 27.5. The standard InChI is InChI=1S/C12H21N3O2S2/c1-8-5-4-6-15(11(8)7-13)19(16,17)12-9(2)14-10(3)18-12/h8,11H,4-7,13H2,1-3H3/t8-,11-/m0/s1. The largest absolute Gasteiger partial charge is 0.329 e. The first-order chi connectivity index (χ1) is 8.87. The van der Waals surface area contributed by atoms with E-state index in [1.54, 1.807) is 11.2 Å². The summed E-state index contributed by atoms with van der Waals surface area (Å²) >= 11 is 1.25. The first kappa shape index (κ1) is 14.9. The molecule has 2 N–H and O–H groups in total. The van der Waals surface area contributed by atoms with Gasteiger partial charge in [-0.25, -0.2) is 13.4 Å². The minimum absolute atomic E-state index is 0.0967. The number of hydrogen-bond acceptors (Lipinski definition) is 5. The van der Waals surface area contributed by atoms with Gasteiger partial charge in [-0.3, -0.25) is 0 Å². The molecular weight excluding hydrogens is 282 g/mol. The normalized spacial score (nSPS) is 25.7. The Morgan fingerprint density at radius 2 is 2.16 bits per heavy atom. The Morgan fingerprint density at radius 3 is 2.68 bits per heavy atom. The molecule has 1 aromatic heterocycles. The molecule has 1 aromatic rings. The van der Waals surface area contributed by atoms with Gasteiger partial charge in [0, 0.05) is 19.1 Å². The molecule has 2 atom stereocenters. The summed E-state index contributed by atoms with van der Waals surface area (Å²) in [4.78, 5) is 4.22. The van der Waals surface area contributed by atoms with Crippen molar-refractivity contribution in [1.82, 2.24) is 9.29 Å². The van der Waals surface area contributed by atoms with Crippen LogP contribution in [0.3, 0.4) is 0 Å². The van der Waals surface area contributed by atoms with Gasteiger partial charge in [0.1, 0.15) is 0 Å². The van der Waals surface area contributed by atoms with Crippen molar-refractivity contribution in [1.29, 1.82) is 0 Å². The van der Waals surface area contributed by atoms with Crippen LogP contribution in [0.5, 0.6) is 0 Å². The average Bonchev–Trinajstić information content (AvgIpc) is 2.68. The smallest absolute Gasteiger partial charge is 0.254 e. The van der Waals surface area contributed by atoms with Gasteiger partial charge in [-0.15, -0.1) is 11.3 Å². The molecule has 2 heterocycles. The lowest BCUT2D eigenvalue weighted by Gasteiger charge is -2.38. The van der Waals surface area contributed by atoms with Gasteiger partial charge in [0.15, 0.2) is 4.21 Å². The van der Waals surface area contributed by atoms with E-state index in [9.17, 15) is 8.42 Å². The Labute approximate surface area is 118 Å². The van der Waals surface area contributed by atoms with E-state index < -0.39 is 10.0 Å². The molecular formula is C12H21N3O2S2. The molecule has 0 bridgehead atoms. The third kappa shape index (κ3) is 2.69. The summed E-state index contributed by atoms with van der Waals surface area (Å²) in [5.74, 6) is 0.308. The van der Waals surface area contributed by atoms with E-state index in [-0.39, 0.29) is 6.04 Å². The van der Waals surface area contributed by atoms with Crippen LogP contribution in [0.4, 0.5) is 0 Å². The monoisotopic (exact) mass is 303 g/mol. The number of aromatic nitrogens is 1. The second-order valence-electron chi connectivity index (χ2n) is 5.14. The molecule has 5 nitrogen and oxygen atoms in total. The number of rotatable bonds is 3. The maximum atomic E-state index is 12.8. The SMILES string of the molecule is Cc1nc(C)c(S(=O)(=O)N2CCC[C@H](C)[C@@H]2CN)s1. The van der Waals surface area contributed by atoms with Crippen LogP contribution in [0.2, 0.25) is 0 Å². The topological polar surface area (TPSA) is 76.3 Å². The number of piperidine rings is 1. The highest BCUT2D eigenvalue weighted by Crippen LogP contribution is 2.32. The molecule has 7 heteroatoms. The van der Waals surface area contributed by atoms with Crippen molar-refractivity contribution in [3.05, 3.63) is 10.7 Å². The second-order valence-corrected chi connectivity index (χ2v) is 8.43. The van der Waals surface area contributed by atoms with Crippen molar-refractivity contribution in [2.75, 3.05) is 13.1 Å². The molecule has 0 aromatic carbocycles. The minimum atomic E-state index is -3.46. The maximum Gasteiger partial charge on any atom is 0.254 e. The van der Waals surface area contributed by atoms with Crippen LogP contribution in [0, 0.1) is 19.8 Å². The van der Waals surface area contributed by atoms with Gasteiger partial charge in [-0.1, -0.05) is 6.92 Å². The predicted octanol–water partition coefficient (Wildman–Crippen LogP) is 1.51. The fraction of sp³-hybridized carbons (Fsp3) is 0.750. The first-order valence-corrected chi connectivity index (χ1v) is 8.79. The van der Waals surface area contributed by atoms with Crippen molar-refractivity contribution >= 4 is 21.4 Å². The molecule has 0 saturated carbocycles. The molecule has 0 radical (unpaired) electrons. The summed E-state index contributed by atoms with van der Waals surface area (Å²) in [6.45, 7) is 6.59. The minimum Gasteiger partial charge on any atom is -0.329 e. The number of nitrogens with zero attached hydrogens (tertiary/aromatic N) is 2. The maximum absolute atomic E-state index is 12.8. The molecule has 1 aliphatic rings. The van der Waals surface area contributed by atoms with Crippen molar-refractivity contribution < 1.29 is 8.42 Å². The van der Waals surface area contributed by atoms with E-state index in [1.807, 2.05) is 6.92 Å². The molecule has 0 unspecified atom stereocenters. The van der Waals surface area contributed by atoms with Gasteiger partial charge >= 0.3 is 0 Å². The van der Waals surface area contributed by atoms with Crippen molar-refractivity contribution in [3.63, 3.8) is 0 Å². The first-order valence-electron chi connectivity index (χ1n) is 6.54. The van der Waals surface area contributed by atoms with E-state index in [4.69, 9.17) is 5.73 Å². The van der Waals surface area contributed by atoms with Crippen molar-refractivity contribution in [3.8, 4) is 0 Å². The number of thiazole rings is 1. The quantitative estimate of drug-likeness (QED) is 0.918. The summed E-state index contributed by atoms with van der Waals surface area (Å²) in [6, 6.07) is -0.0967. The Morgan fingerprint density at radius 1 is 1.47 bits per heavy atom. The Kier molecular flexibility index (Phi) is 4.29. The van der Waals surface area contributed by atoms with Gasteiger partial charge in [0.25, 0.3) is 10.0 Å². The zero-order chi connectivity index (χ0) is 14.2. The molecule has 1 saturated heterocycles. The summed E-state index contributed by atoms with van der Waals surface area (Å²) in [6.07, 6.45) is 1.93. The van der Waals surface area contributed by atoms with Crippen molar-refractivity contribution in [2.45, 2.75) is 43.9 Å². The van der Waals surface area contributed by atoms with Crippen LogP contribution in [-0.4, -0.2) is 36.8 Å². The van der Waals surface area contributed by atoms with E-state index in [0.717, 1.165) is 17.8 Å². The third-order valence-electron chi connectivity index (χ3n) is 3.71. The molecule has 2 rings (SSSR count). The molecule has 19 heavy (non-hydrogen) atoms. The van der Waals surface area contributed by atoms with Gasteiger partial charge < -0.3 is 5.73 Å². The van der Waals surface area contributed by atoms with E-state index in [1.165, 1.54) is 11.3 Å². The second kappa shape index (κ2) is 5.47. The van der Waals surface area contributed by atoms with E-state index in [0.29, 0.717) is 28.9 Å². The highest BCUT2D eigenvalue weighted by Gasteiger charge is 2.38. The van der Waals surface area contributed by atoms with E-state index >= 15 is 0 Å². The molecule has 0 aliphatic carbocycles. The summed E-state index contributed by atoms with van der Waals surface area (Å²) in [5, 5.41) is 0.783. The van der Waals surface area contributed by atoms with E-state index in [2.05, 4.69) is 11.9 Å². The number of sulfonamides is 1.